The molecule has 1 aliphatic carbocycles. The number of carbonyl (C=O) groups excluding carboxylic acids is 2. The molecule has 0 spiro atoms. The molecule has 0 aromatic carbocycles. The number of hydrogen-bond acceptors (Lipinski definition) is 7. The summed E-state index contributed by atoms with van der Waals surface area (Å²) in [5.74, 6) is -1.27. The van der Waals surface area contributed by atoms with Crippen LogP contribution in [0.5, 0.6) is 0 Å². The number of hydrogen-bond donors (Lipinski definition) is 2. The molecule has 0 unspecified atom stereocenters. The van der Waals surface area contributed by atoms with Crippen molar-refractivity contribution in [3.8, 4) is 0 Å². The van der Waals surface area contributed by atoms with Gasteiger partial charge in [0.05, 0.1) is 12.8 Å². The number of allylic oxidation sites excluding steroid dienone is 1. The summed E-state index contributed by atoms with van der Waals surface area (Å²) in [6.07, 6.45) is 1.21. The van der Waals surface area contributed by atoms with Crippen molar-refractivity contribution >= 4 is 34.1 Å². The number of carbonyl (C=O) groups is 2. The Morgan fingerprint density at radius 1 is 1.42 bits per heavy atom. The van der Waals surface area contributed by atoms with E-state index in [1.165, 1.54) is 13.2 Å². The van der Waals surface area contributed by atoms with Gasteiger partial charge in [-0.2, -0.15) is 4.39 Å². The van der Waals surface area contributed by atoms with Gasteiger partial charge in [-0.3, -0.25) is 10.1 Å². The van der Waals surface area contributed by atoms with Crippen LogP contribution in [0.25, 0.3) is 5.76 Å². The molecule has 124 valence electrons. The molecule has 0 radical (unpaired) electrons. The van der Waals surface area contributed by atoms with Crippen LogP contribution in [-0.2, 0) is 11.2 Å². The van der Waals surface area contributed by atoms with E-state index >= 15 is 0 Å². The second kappa shape index (κ2) is 6.36. The van der Waals surface area contributed by atoms with Gasteiger partial charge in [0.25, 0.3) is 0 Å². The summed E-state index contributed by atoms with van der Waals surface area (Å²) in [4.78, 5) is 31.8. The van der Waals surface area contributed by atoms with Crippen LogP contribution in [0.3, 0.4) is 0 Å². The second-order valence-electron chi connectivity index (χ2n) is 4.94. The van der Waals surface area contributed by atoms with Gasteiger partial charge >= 0.3 is 6.09 Å². The third-order valence-corrected chi connectivity index (χ3v) is 4.48. The Morgan fingerprint density at radius 3 is 2.88 bits per heavy atom. The second-order valence-corrected chi connectivity index (χ2v) is 5.94. The van der Waals surface area contributed by atoms with E-state index in [1.54, 1.807) is 0 Å². The van der Waals surface area contributed by atoms with Gasteiger partial charge in [-0.15, -0.1) is 0 Å². The number of aryl methyl sites for hydroxylation is 1. The molecule has 0 fully saturated rings. The number of anilines is 1. The molecular weight excluding hydrogens is 337 g/mol. The van der Waals surface area contributed by atoms with Gasteiger partial charge in [-0.05, 0) is 25.0 Å². The smallest absolute Gasteiger partial charge is 0.413 e. The lowest BCUT2D eigenvalue weighted by molar-refractivity contribution is 0.102. The molecule has 2 aromatic heterocycles. The maximum Gasteiger partial charge on any atom is 0.413 e. The number of amides is 1. The Bertz CT molecular complexity index is 845. The summed E-state index contributed by atoms with van der Waals surface area (Å²) < 4.78 is 17.4. The number of Topliss-reactive ketones (excluding diaryl/α,β-unsaturated/α-hetero) is 1. The van der Waals surface area contributed by atoms with E-state index < -0.39 is 12.0 Å². The average molecular weight is 349 g/mol. The van der Waals surface area contributed by atoms with Gasteiger partial charge in [0, 0.05) is 17.3 Å². The van der Waals surface area contributed by atoms with Crippen LogP contribution in [-0.4, -0.2) is 34.1 Å². The fourth-order valence-electron chi connectivity index (χ4n) is 2.30. The minimum absolute atomic E-state index is 0.212. The van der Waals surface area contributed by atoms with E-state index in [0.29, 0.717) is 17.0 Å². The highest BCUT2D eigenvalue weighted by atomic mass is 32.1. The zero-order chi connectivity index (χ0) is 17.3. The summed E-state index contributed by atoms with van der Waals surface area (Å²) in [6, 6.07) is 2.46. The number of nitrogens with zero attached hydrogens (tertiary/aromatic N) is 2. The van der Waals surface area contributed by atoms with Crippen LogP contribution in [0.1, 0.15) is 27.3 Å². The molecule has 24 heavy (non-hydrogen) atoms. The summed E-state index contributed by atoms with van der Waals surface area (Å²) in [7, 11) is 1.23. The molecule has 0 aliphatic heterocycles. The van der Waals surface area contributed by atoms with Crippen molar-refractivity contribution < 1.29 is 23.8 Å². The molecular formula is C15H12FN3O4S. The molecule has 1 aliphatic rings. The first-order chi connectivity index (χ1) is 11.5. The van der Waals surface area contributed by atoms with E-state index in [2.05, 4.69) is 20.0 Å². The SMILES string of the molecule is COC(=O)Nc1nc2c(s1)C(=O)C(=C(O)c1ccc(F)nc1)CC2. The van der Waals surface area contributed by atoms with Crippen molar-refractivity contribution in [2.75, 3.05) is 12.4 Å². The number of thiazole rings is 1. The van der Waals surface area contributed by atoms with Crippen molar-refractivity contribution in [3.05, 3.63) is 46.0 Å². The Morgan fingerprint density at radius 2 is 2.21 bits per heavy atom. The highest BCUT2D eigenvalue weighted by Crippen LogP contribution is 2.34. The molecule has 0 saturated carbocycles. The van der Waals surface area contributed by atoms with Crippen LogP contribution in [0.15, 0.2) is 23.9 Å². The average Bonchev–Trinajstić information content (AvgIpc) is 2.98. The number of rotatable bonds is 2. The number of nitrogens with one attached hydrogen (secondary N) is 1. The van der Waals surface area contributed by atoms with E-state index in [4.69, 9.17) is 0 Å². The Hall–Kier alpha value is -2.81. The quantitative estimate of drug-likeness (QED) is 0.491. The zero-order valence-electron chi connectivity index (χ0n) is 12.5. The zero-order valence-corrected chi connectivity index (χ0v) is 13.3. The van der Waals surface area contributed by atoms with Crippen molar-refractivity contribution in [3.63, 3.8) is 0 Å². The van der Waals surface area contributed by atoms with Crippen LogP contribution in [0, 0.1) is 5.95 Å². The predicted octanol–water partition coefficient (Wildman–Crippen LogP) is 2.95. The fraction of sp³-hybridized carbons (Fsp3) is 0.200. The van der Waals surface area contributed by atoms with Gasteiger partial charge < -0.3 is 9.84 Å². The maximum absolute atomic E-state index is 12.9. The van der Waals surface area contributed by atoms with Crippen LogP contribution in [0.2, 0.25) is 0 Å². The van der Waals surface area contributed by atoms with Crippen LogP contribution < -0.4 is 5.32 Å². The van der Waals surface area contributed by atoms with Crippen molar-refractivity contribution in [1.29, 1.82) is 0 Å². The summed E-state index contributed by atoms with van der Waals surface area (Å²) >= 11 is 1.01. The number of pyridine rings is 1. The Kier molecular flexibility index (Phi) is 4.26. The molecule has 0 atom stereocenters. The summed E-state index contributed by atoms with van der Waals surface area (Å²) in [6.45, 7) is 0. The number of ketones is 1. The normalized spacial score (nSPS) is 15.7. The molecule has 0 saturated heterocycles. The summed E-state index contributed by atoms with van der Waals surface area (Å²) in [5.41, 5.74) is 1.04. The lowest BCUT2D eigenvalue weighted by Crippen LogP contribution is -2.14. The van der Waals surface area contributed by atoms with Gasteiger partial charge in [0.2, 0.25) is 11.7 Å². The number of ether oxygens (including phenoxy) is 1. The third-order valence-electron chi connectivity index (χ3n) is 3.47. The number of halogens is 1. The number of fused-ring (bicyclic) bond motifs is 1. The number of aliphatic hydroxyl groups excluding tert-OH is 1. The molecule has 3 rings (SSSR count). The van der Waals surface area contributed by atoms with Gasteiger partial charge in [-0.1, -0.05) is 11.3 Å². The number of methoxy groups -OCH3 is 1. The van der Waals surface area contributed by atoms with Gasteiger partial charge in [0.1, 0.15) is 10.6 Å². The van der Waals surface area contributed by atoms with Crippen molar-refractivity contribution in [2.24, 2.45) is 0 Å². The highest BCUT2D eigenvalue weighted by Gasteiger charge is 2.29. The third kappa shape index (κ3) is 2.98. The highest BCUT2D eigenvalue weighted by molar-refractivity contribution is 7.18. The van der Waals surface area contributed by atoms with E-state index in [9.17, 15) is 19.1 Å². The molecule has 2 N–H and O–H groups in total. The Balaban J connectivity index is 1.92. The van der Waals surface area contributed by atoms with Gasteiger partial charge in [0.15, 0.2) is 5.13 Å². The van der Waals surface area contributed by atoms with E-state index in [0.717, 1.165) is 23.6 Å². The van der Waals surface area contributed by atoms with Crippen LogP contribution >= 0.6 is 11.3 Å². The standard InChI is InChI=1S/C15H12FN3O4S/c1-23-15(22)19-14-18-9-4-3-8(12(21)13(9)24-14)11(20)7-2-5-10(16)17-6-7/h2,5-6,20H,3-4H2,1H3,(H,18,19,22). The van der Waals surface area contributed by atoms with Crippen molar-refractivity contribution in [1.82, 2.24) is 9.97 Å². The molecule has 9 heteroatoms. The fourth-order valence-corrected chi connectivity index (χ4v) is 3.27. The minimum Gasteiger partial charge on any atom is -0.507 e. The molecule has 2 aromatic rings. The molecule has 2 heterocycles. The van der Waals surface area contributed by atoms with Crippen LogP contribution in [0.4, 0.5) is 14.3 Å². The molecule has 7 nitrogen and oxygen atoms in total. The molecule has 0 bridgehead atoms. The van der Waals surface area contributed by atoms with E-state index in [1.807, 2.05) is 0 Å². The molecule has 1 amide bonds. The first-order valence-electron chi connectivity index (χ1n) is 6.93. The summed E-state index contributed by atoms with van der Waals surface area (Å²) in [5, 5.41) is 13.0. The first-order valence-corrected chi connectivity index (χ1v) is 7.74. The largest absolute Gasteiger partial charge is 0.507 e. The Labute approximate surface area is 139 Å². The monoisotopic (exact) mass is 349 g/mol. The first kappa shape index (κ1) is 16.1. The predicted molar refractivity (Wildman–Crippen MR) is 84.5 cm³/mol. The number of aliphatic hydroxyl groups is 1. The van der Waals surface area contributed by atoms with Gasteiger partial charge in [-0.25, -0.2) is 14.8 Å². The lowest BCUT2D eigenvalue weighted by atomic mass is 9.93. The topological polar surface area (TPSA) is 101 Å². The minimum atomic E-state index is -0.676. The van der Waals surface area contributed by atoms with E-state index in [-0.39, 0.29) is 34.2 Å². The maximum atomic E-state index is 12.9. The lowest BCUT2D eigenvalue weighted by Gasteiger charge is -2.14. The van der Waals surface area contributed by atoms with Crippen molar-refractivity contribution in [2.45, 2.75) is 12.8 Å². The number of aromatic nitrogens is 2.